The molecule has 3 rings (SSSR count). The summed E-state index contributed by atoms with van der Waals surface area (Å²) in [5, 5.41) is 0. The third kappa shape index (κ3) is 11.2. The lowest BCUT2D eigenvalue weighted by Crippen LogP contribution is -1.93. The smallest absolute Gasteiger partial charge is 0.159 e. The second-order valence-corrected chi connectivity index (χ2v) is 10.8. The van der Waals surface area contributed by atoms with E-state index in [1.54, 1.807) is 0 Å². The minimum atomic E-state index is 0.816. The molecule has 0 amide bonds. The third-order valence-corrected chi connectivity index (χ3v) is 7.52. The van der Waals surface area contributed by atoms with E-state index in [1.807, 2.05) is 12.4 Å². The van der Waals surface area contributed by atoms with Gasteiger partial charge in [0.25, 0.3) is 0 Å². The van der Waals surface area contributed by atoms with Gasteiger partial charge in [-0.15, -0.1) is 0 Å². The molecule has 0 aliphatic carbocycles. The van der Waals surface area contributed by atoms with Crippen molar-refractivity contribution in [3.63, 3.8) is 0 Å². The SMILES string of the molecule is CCCCCCCCCCc1cnc(-c2ccc(-c3ccc(CCCCCCCCC)cc3)cc2)nc1. The van der Waals surface area contributed by atoms with Crippen molar-refractivity contribution < 1.29 is 0 Å². The Hall–Kier alpha value is -2.48. The quantitative estimate of drug-likeness (QED) is 0.154. The second-order valence-electron chi connectivity index (χ2n) is 10.8. The van der Waals surface area contributed by atoms with Crippen LogP contribution >= 0.6 is 0 Å². The van der Waals surface area contributed by atoms with Crippen LogP contribution in [0.3, 0.4) is 0 Å². The Morgan fingerprint density at radius 1 is 0.405 bits per heavy atom. The molecule has 1 heterocycles. The van der Waals surface area contributed by atoms with Crippen molar-refractivity contribution in [2.24, 2.45) is 0 Å². The van der Waals surface area contributed by atoms with Crippen molar-refractivity contribution in [1.29, 1.82) is 0 Å². The molecule has 0 atom stereocenters. The fourth-order valence-electron chi connectivity index (χ4n) is 5.06. The Kier molecular flexibility index (Phi) is 14.1. The average molecular weight is 499 g/mol. The summed E-state index contributed by atoms with van der Waals surface area (Å²) in [6.07, 6.45) is 26.7. The average Bonchev–Trinajstić information content (AvgIpc) is 2.95. The summed E-state index contributed by atoms with van der Waals surface area (Å²) in [5.41, 5.74) is 6.31. The summed E-state index contributed by atoms with van der Waals surface area (Å²) >= 11 is 0. The highest BCUT2D eigenvalue weighted by Crippen LogP contribution is 2.24. The lowest BCUT2D eigenvalue weighted by atomic mass is 10.00. The fraction of sp³-hybridized carbons (Fsp3) is 0.543. The Morgan fingerprint density at radius 3 is 1.27 bits per heavy atom. The highest BCUT2D eigenvalue weighted by molar-refractivity contribution is 5.67. The highest BCUT2D eigenvalue weighted by atomic mass is 14.9. The number of nitrogens with zero attached hydrogens (tertiary/aromatic N) is 2. The van der Waals surface area contributed by atoms with Gasteiger partial charge >= 0.3 is 0 Å². The molecule has 0 unspecified atom stereocenters. The van der Waals surface area contributed by atoms with Gasteiger partial charge in [-0.05, 0) is 47.9 Å². The van der Waals surface area contributed by atoms with Gasteiger partial charge in [-0.2, -0.15) is 0 Å². The Balaban J connectivity index is 1.39. The van der Waals surface area contributed by atoms with Gasteiger partial charge < -0.3 is 0 Å². The van der Waals surface area contributed by atoms with Gasteiger partial charge in [-0.3, -0.25) is 0 Å². The van der Waals surface area contributed by atoms with Crippen molar-refractivity contribution in [3.8, 4) is 22.5 Å². The molecule has 2 heteroatoms. The second kappa shape index (κ2) is 17.9. The van der Waals surface area contributed by atoms with Gasteiger partial charge in [0, 0.05) is 18.0 Å². The Labute approximate surface area is 227 Å². The van der Waals surface area contributed by atoms with Crippen LogP contribution in [0.4, 0.5) is 0 Å². The minimum Gasteiger partial charge on any atom is -0.236 e. The zero-order valence-corrected chi connectivity index (χ0v) is 23.7. The first-order valence-electron chi connectivity index (χ1n) is 15.3. The van der Waals surface area contributed by atoms with Crippen LogP contribution in [-0.2, 0) is 12.8 Å². The first-order valence-corrected chi connectivity index (χ1v) is 15.3. The predicted octanol–water partition coefficient (Wildman–Crippen LogP) is 10.8. The normalized spacial score (nSPS) is 11.2. The molecule has 37 heavy (non-hydrogen) atoms. The summed E-state index contributed by atoms with van der Waals surface area (Å²) in [7, 11) is 0. The molecular weight excluding hydrogens is 448 g/mol. The number of unbranched alkanes of at least 4 members (excludes halogenated alkanes) is 13. The van der Waals surface area contributed by atoms with Gasteiger partial charge in [-0.1, -0.05) is 146 Å². The van der Waals surface area contributed by atoms with E-state index in [9.17, 15) is 0 Å². The summed E-state index contributed by atoms with van der Waals surface area (Å²) < 4.78 is 0. The van der Waals surface area contributed by atoms with Crippen LogP contribution in [0, 0.1) is 0 Å². The molecule has 1 aromatic heterocycles. The topological polar surface area (TPSA) is 25.8 Å². The summed E-state index contributed by atoms with van der Waals surface area (Å²) in [6, 6.07) is 17.8. The molecular formula is C35H50N2. The largest absolute Gasteiger partial charge is 0.236 e. The highest BCUT2D eigenvalue weighted by Gasteiger charge is 2.04. The van der Waals surface area contributed by atoms with Gasteiger partial charge in [0.15, 0.2) is 5.82 Å². The molecule has 0 saturated carbocycles. The van der Waals surface area contributed by atoms with E-state index < -0.39 is 0 Å². The van der Waals surface area contributed by atoms with Crippen LogP contribution in [-0.4, -0.2) is 9.97 Å². The zero-order valence-electron chi connectivity index (χ0n) is 23.7. The number of aryl methyl sites for hydroxylation is 2. The van der Waals surface area contributed by atoms with Crippen LogP contribution in [0.2, 0.25) is 0 Å². The summed E-state index contributed by atoms with van der Waals surface area (Å²) in [6.45, 7) is 4.56. The van der Waals surface area contributed by atoms with E-state index in [0.29, 0.717) is 0 Å². The fourth-order valence-corrected chi connectivity index (χ4v) is 5.06. The molecule has 0 fully saturated rings. The first kappa shape index (κ1) is 29.1. The molecule has 2 nitrogen and oxygen atoms in total. The van der Waals surface area contributed by atoms with E-state index >= 15 is 0 Å². The Bertz CT molecular complexity index is 958. The van der Waals surface area contributed by atoms with Gasteiger partial charge in [0.1, 0.15) is 0 Å². The lowest BCUT2D eigenvalue weighted by molar-refractivity contribution is 0.575. The van der Waals surface area contributed by atoms with Crippen LogP contribution in [0.15, 0.2) is 60.9 Å². The van der Waals surface area contributed by atoms with Gasteiger partial charge in [0.2, 0.25) is 0 Å². The van der Waals surface area contributed by atoms with Crippen LogP contribution in [0.1, 0.15) is 121 Å². The molecule has 2 aromatic carbocycles. The zero-order chi connectivity index (χ0) is 26.0. The number of aromatic nitrogens is 2. The number of hydrogen-bond acceptors (Lipinski definition) is 2. The molecule has 3 aromatic rings. The van der Waals surface area contributed by atoms with Crippen molar-refractivity contribution >= 4 is 0 Å². The molecule has 200 valence electrons. The van der Waals surface area contributed by atoms with Crippen molar-refractivity contribution in [1.82, 2.24) is 9.97 Å². The maximum Gasteiger partial charge on any atom is 0.159 e. The number of hydrogen-bond donors (Lipinski definition) is 0. The molecule has 0 aliphatic rings. The standard InChI is InChI=1S/C35H50N2/c1-3-5-7-9-11-13-15-17-19-31-28-36-35(37-29-31)34-26-24-33(25-27-34)32-22-20-30(21-23-32)18-16-14-12-10-8-6-4-2/h20-29H,3-19H2,1-2H3. The lowest BCUT2D eigenvalue weighted by Gasteiger charge is -2.07. The van der Waals surface area contributed by atoms with Crippen molar-refractivity contribution in [3.05, 3.63) is 72.1 Å². The van der Waals surface area contributed by atoms with Crippen LogP contribution in [0.5, 0.6) is 0 Å². The molecule has 0 saturated heterocycles. The van der Waals surface area contributed by atoms with E-state index in [0.717, 1.165) is 17.8 Å². The van der Waals surface area contributed by atoms with Crippen LogP contribution in [0.25, 0.3) is 22.5 Å². The summed E-state index contributed by atoms with van der Waals surface area (Å²) in [4.78, 5) is 9.31. The van der Waals surface area contributed by atoms with Crippen molar-refractivity contribution in [2.45, 2.75) is 123 Å². The number of rotatable bonds is 19. The third-order valence-electron chi connectivity index (χ3n) is 7.52. The van der Waals surface area contributed by atoms with E-state index in [-0.39, 0.29) is 0 Å². The number of benzene rings is 2. The predicted molar refractivity (Wildman–Crippen MR) is 161 cm³/mol. The van der Waals surface area contributed by atoms with Crippen LogP contribution < -0.4 is 0 Å². The minimum absolute atomic E-state index is 0.816. The van der Waals surface area contributed by atoms with Crippen molar-refractivity contribution in [2.75, 3.05) is 0 Å². The molecule has 0 N–H and O–H groups in total. The van der Waals surface area contributed by atoms with E-state index in [2.05, 4.69) is 72.3 Å². The molecule has 0 bridgehead atoms. The molecule has 0 aliphatic heterocycles. The maximum absolute atomic E-state index is 4.66. The monoisotopic (exact) mass is 498 g/mol. The molecule has 0 spiro atoms. The summed E-state index contributed by atoms with van der Waals surface area (Å²) in [5.74, 6) is 0.816. The first-order chi connectivity index (χ1) is 18.3. The van der Waals surface area contributed by atoms with E-state index in [4.69, 9.17) is 0 Å². The van der Waals surface area contributed by atoms with Gasteiger partial charge in [-0.25, -0.2) is 9.97 Å². The molecule has 0 radical (unpaired) electrons. The van der Waals surface area contributed by atoms with Gasteiger partial charge in [0.05, 0.1) is 0 Å². The van der Waals surface area contributed by atoms with E-state index in [1.165, 1.54) is 125 Å². The Morgan fingerprint density at radius 2 is 0.784 bits per heavy atom. The maximum atomic E-state index is 4.66.